The van der Waals surface area contributed by atoms with Crippen LogP contribution in [0.4, 0.5) is 0 Å². The number of carboxylic acids is 1. The molecule has 23 heavy (non-hydrogen) atoms. The second-order valence-corrected chi connectivity index (χ2v) is 6.72. The maximum absolute atomic E-state index is 11.9. The molecule has 0 heterocycles. The molecule has 1 amide bonds. The Labute approximate surface area is 144 Å². The molecule has 1 fully saturated rings. The van der Waals surface area contributed by atoms with E-state index in [1.54, 1.807) is 0 Å². The number of rotatable bonds is 8. The van der Waals surface area contributed by atoms with E-state index in [1.807, 2.05) is 24.3 Å². The van der Waals surface area contributed by atoms with E-state index in [1.165, 1.54) is 0 Å². The van der Waals surface area contributed by atoms with Crippen molar-refractivity contribution in [2.24, 2.45) is 5.92 Å². The third-order valence-corrected chi connectivity index (χ3v) is 4.59. The minimum Gasteiger partial charge on any atom is -0.494 e. The number of amides is 1. The van der Waals surface area contributed by atoms with Crippen molar-refractivity contribution >= 4 is 27.8 Å². The van der Waals surface area contributed by atoms with Crippen LogP contribution in [0.1, 0.15) is 38.5 Å². The van der Waals surface area contributed by atoms with Gasteiger partial charge in [-0.2, -0.15) is 0 Å². The van der Waals surface area contributed by atoms with E-state index in [0.717, 1.165) is 35.9 Å². The number of halogens is 1. The van der Waals surface area contributed by atoms with Gasteiger partial charge in [0, 0.05) is 16.9 Å². The fraction of sp³-hybridized carbons (Fsp3) is 0.529. The van der Waals surface area contributed by atoms with E-state index >= 15 is 0 Å². The first-order chi connectivity index (χ1) is 11.1. The highest BCUT2D eigenvalue weighted by molar-refractivity contribution is 9.10. The summed E-state index contributed by atoms with van der Waals surface area (Å²) in [6.45, 7) is 0.566. The Morgan fingerprint density at radius 1 is 1.22 bits per heavy atom. The lowest BCUT2D eigenvalue weighted by molar-refractivity contribution is -0.142. The Kier molecular flexibility index (Phi) is 6.89. The minimum absolute atomic E-state index is 0.0632. The largest absolute Gasteiger partial charge is 0.494 e. The quantitative estimate of drug-likeness (QED) is 0.674. The fourth-order valence-electron chi connectivity index (χ4n) is 2.82. The maximum Gasteiger partial charge on any atom is 0.308 e. The lowest BCUT2D eigenvalue weighted by atomic mass is 10.0. The number of hydrogen-bond donors (Lipinski definition) is 2. The topological polar surface area (TPSA) is 75.6 Å². The van der Waals surface area contributed by atoms with Crippen molar-refractivity contribution in [3.8, 4) is 5.75 Å². The third kappa shape index (κ3) is 5.86. The molecular formula is C17H22BrNO4. The van der Waals surface area contributed by atoms with Gasteiger partial charge in [-0.3, -0.25) is 9.59 Å². The van der Waals surface area contributed by atoms with Crippen LogP contribution in [0.3, 0.4) is 0 Å². The standard InChI is InChI=1S/C17H22BrNO4/c18-12-7-9-13(10-8-12)23-11-2-1-6-16(20)19-15-5-3-4-14(15)17(21)22/h7-10,14-15H,1-6,11H2,(H,19,20)(H,21,22)/t14-,15+/m1/s1. The molecule has 126 valence electrons. The highest BCUT2D eigenvalue weighted by Crippen LogP contribution is 2.26. The molecule has 1 aromatic rings. The van der Waals surface area contributed by atoms with Crippen LogP contribution in [-0.4, -0.2) is 29.6 Å². The van der Waals surface area contributed by atoms with Crippen molar-refractivity contribution in [1.82, 2.24) is 5.32 Å². The summed E-state index contributed by atoms with van der Waals surface area (Å²) in [5, 5.41) is 12.0. The predicted molar refractivity (Wildman–Crippen MR) is 90.4 cm³/mol. The maximum atomic E-state index is 11.9. The van der Waals surface area contributed by atoms with Gasteiger partial charge in [-0.05, 0) is 49.9 Å². The summed E-state index contributed by atoms with van der Waals surface area (Å²) in [6, 6.07) is 7.41. The molecule has 0 bridgehead atoms. The van der Waals surface area contributed by atoms with Crippen molar-refractivity contribution in [1.29, 1.82) is 0 Å². The number of ether oxygens (including phenoxy) is 1. The zero-order valence-electron chi connectivity index (χ0n) is 13.0. The lowest BCUT2D eigenvalue weighted by Gasteiger charge is -2.17. The van der Waals surface area contributed by atoms with E-state index in [2.05, 4.69) is 21.2 Å². The Balaban J connectivity index is 1.59. The molecule has 1 aliphatic carbocycles. The lowest BCUT2D eigenvalue weighted by Crippen LogP contribution is -2.40. The molecule has 1 aromatic carbocycles. The van der Waals surface area contributed by atoms with Gasteiger partial charge in [0.1, 0.15) is 5.75 Å². The second-order valence-electron chi connectivity index (χ2n) is 5.81. The molecule has 0 radical (unpaired) electrons. The van der Waals surface area contributed by atoms with Crippen LogP contribution >= 0.6 is 15.9 Å². The highest BCUT2D eigenvalue weighted by Gasteiger charge is 2.33. The monoisotopic (exact) mass is 383 g/mol. The smallest absolute Gasteiger partial charge is 0.308 e. The summed E-state index contributed by atoms with van der Waals surface area (Å²) in [5.41, 5.74) is 0. The number of hydrogen-bond acceptors (Lipinski definition) is 3. The average molecular weight is 384 g/mol. The summed E-state index contributed by atoms with van der Waals surface area (Å²) in [4.78, 5) is 23.0. The van der Waals surface area contributed by atoms with Gasteiger partial charge in [-0.25, -0.2) is 0 Å². The fourth-order valence-corrected chi connectivity index (χ4v) is 3.08. The molecular weight excluding hydrogens is 362 g/mol. The number of carbonyl (C=O) groups excluding carboxylic acids is 1. The van der Waals surface area contributed by atoms with Gasteiger partial charge in [0.2, 0.25) is 5.91 Å². The van der Waals surface area contributed by atoms with E-state index in [4.69, 9.17) is 9.84 Å². The van der Waals surface area contributed by atoms with Crippen LogP contribution in [0.15, 0.2) is 28.7 Å². The van der Waals surface area contributed by atoms with Gasteiger partial charge in [-0.15, -0.1) is 0 Å². The molecule has 0 aliphatic heterocycles. The van der Waals surface area contributed by atoms with Crippen molar-refractivity contribution in [2.75, 3.05) is 6.61 Å². The molecule has 0 saturated heterocycles. The van der Waals surface area contributed by atoms with E-state index in [9.17, 15) is 9.59 Å². The van der Waals surface area contributed by atoms with Gasteiger partial charge in [0.25, 0.3) is 0 Å². The number of aliphatic carboxylic acids is 1. The van der Waals surface area contributed by atoms with Crippen molar-refractivity contribution in [3.05, 3.63) is 28.7 Å². The number of benzene rings is 1. The number of carbonyl (C=O) groups is 2. The molecule has 6 heteroatoms. The van der Waals surface area contributed by atoms with Crippen molar-refractivity contribution < 1.29 is 19.4 Å². The predicted octanol–water partition coefficient (Wildman–Crippen LogP) is 3.37. The number of nitrogens with one attached hydrogen (secondary N) is 1. The molecule has 0 unspecified atom stereocenters. The zero-order valence-corrected chi connectivity index (χ0v) is 14.5. The second kappa shape index (κ2) is 8.91. The van der Waals surface area contributed by atoms with Crippen LogP contribution in [-0.2, 0) is 9.59 Å². The van der Waals surface area contributed by atoms with Gasteiger partial charge >= 0.3 is 5.97 Å². The van der Waals surface area contributed by atoms with E-state index < -0.39 is 11.9 Å². The van der Waals surface area contributed by atoms with Crippen molar-refractivity contribution in [2.45, 2.75) is 44.6 Å². The van der Waals surface area contributed by atoms with Crippen LogP contribution < -0.4 is 10.1 Å². The van der Waals surface area contributed by atoms with Gasteiger partial charge in [-0.1, -0.05) is 22.4 Å². The summed E-state index contributed by atoms with van der Waals surface area (Å²) in [5.74, 6) is -0.491. The SMILES string of the molecule is O=C(CCCCOc1ccc(Br)cc1)N[C@H]1CCC[C@H]1C(=O)O. The molecule has 0 spiro atoms. The summed E-state index contributed by atoms with van der Waals surface area (Å²) >= 11 is 3.37. The summed E-state index contributed by atoms with van der Waals surface area (Å²) in [6.07, 6.45) is 4.20. The number of unbranched alkanes of at least 4 members (excludes halogenated alkanes) is 1. The van der Waals surface area contributed by atoms with Gasteiger partial charge in [0.15, 0.2) is 0 Å². The Bertz CT molecular complexity index is 532. The first kappa shape index (κ1) is 17.8. The molecule has 2 N–H and O–H groups in total. The average Bonchev–Trinajstić information content (AvgIpc) is 2.97. The Morgan fingerprint density at radius 3 is 2.65 bits per heavy atom. The Morgan fingerprint density at radius 2 is 1.96 bits per heavy atom. The van der Waals surface area contributed by atoms with Gasteiger partial charge in [0.05, 0.1) is 12.5 Å². The van der Waals surface area contributed by atoms with Crippen LogP contribution in [0.2, 0.25) is 0 Å². The molecule has 2 rings (SSSR count). The van der Waals surface area contributed by atoms with Crippen LogP contribution in [0.25, 0.3) is 0 Å². The minimum atomic E-state index is -0.810. The summed E-state index contributed by atoms with van der Waals surface area (Å²) in [7, 11) is 0. The first-order valence-electron chi connectivity index (χ1n) is 7.97. The van der Waals surface area contributed by atoms with Gasteiger partial charge < -0.3 is 15.2 Å². The van der Waals surface area contributed by atoms with E-state index in [0.29, 0.717) is 19.4 Å². The van der Waals surface area contributed by atoms with Crippen LogP contribution in [0.5, 0.6) is 5.75 Å². The zero-order chi connectivity index (χ0) is 16.7. The van der Waals surface area contributed by atoms with Crippen LogP contribution in [0, 0.1) is 5.92 Å². The van der Waals surface area contributed by atoms with Crippen molar-refractivity contribution in [3.63, 3.8) is 0 Å². The third-order valence-electron chi connectivity index (χ3n) is 4.06. The number of carboxylic acid groups (broad SMARTS) is 1. The Hall–Kier alpha value is -1.56. The molecule has 1 aliphatic rings. The van der Waals surface area contributed by atoms with E-state index in [-0.39, 0.29) is 11.9 Å². The normalized spacial score (nSPS) is 20.2. The highest BCUT2D eigenvalue weighted by atomic mass is 79.9. The molecule has 5 nitrogen and oxygen atoms in total. The molecule has 2 atom stereocenters. The first-order valence-corrected chi connectivity index (χ1v) is 8.76. The molecule has 1 saturated carbocycles. The molecule has 0 aromatic heterocycles. The summed E-state index contributed by atoms with van der Waals surface area (Å²) < 4.78 is 6.60.